The maximum absolute atomic E-state index is 12.5. The number of nitrogens with one attached hydrogen (secondary N) is 1. The number of ether oxygens (including phenoxy) is 1. The van der Waals surface area contributed by atoms with Gasteiger partial charge < -0.3 is 20.1 Å². The molecule has 0 saturated carbocycles. The molecular formula is C17H22N2O5. The summed E-state index contributed by atoms with van der Waals surface area (Å²) in [6.45, 7) is 1.82. The predicted octanol–water partition coefficient (Wildman–Crippen LogP) is 1.34. The van der Waals surface area contributed by atoms with Crippen molar-refractivity contribution >= 4 is 17.8 Å². The maximum Gasteiger partial charge on any atom is 0.326 e. The molecule has 2 N–H and O–H groups in total. The van der Waals surface area contributed by atoms with Gasteiger partial charge in [0.2, 0.25) is 11.8 Å². The molecule has 7 nitrogen and oxygen atoms in total. The number of carboxylic acid groups (broad SMARTS) is 1. The van der Waals surface area contributed by atoms with Crippen LogP contribution in [-0.2, 0) is 14.4 Å². The van der Waals surface area contributed by atoms with Crippen LogP contribution in [0.25, 0.3) is 0 Å². The van der Waals surface area contributed by atoms with Crippen LogP contribution in [0.15, 0.2) is 24.3 Å². The summed E-state index contributed by atoms with van der Waals surface area (Å²) in [6.07, 6.45) is 1.17. The van der Waals surface area contributed by atoms with Gasteiger partial charge >= 0.3 is 5.97 Å². The molecule has 0 spiro atoms. The second kappa shape index (κ2) is 7.81. The summed E-state index contributed by atoms with van der Waals surface area (Å²) in [6, 6.07) is 5.80. The molecule has 0 aliphatic carbocycles. The highest BCUT2D eigenvalue weighted by Gasteiger charge is 2.34. The Morgan fingerprint density at radius 2 is 2.00 bits per heavy atom. The highest BCUT2D eigenvalue weighted by molar-refractivity contribution is 5.85. The number of carbonyl (C=O) groups is 3. The Kier molecular flexibility index (Phi) is 5.78. The summed E-state index contributed by atoms with van der Waals surface area (Å²) in [5, 5.41) is 12.0. The fraction of sp³-hybridized carbons (Fsp3) is 0.471. The first kappa shape index (κ1) is 17.8. The van der Waals surface area contributed by atoms with E-state index in [0.717, 1.165) is 5.56 Å². The van der Waals surface area contributed by atoms with Crippen LogP contribution >= 0.6 is 0 Å². The zero-order valence-electron chi connectivity index (χ0n) is 13.8. The second-order valence-corrected chi connectivity index (χ2v) is 5.81. The molecule has 1 fully saturated rings. The average Bonchev–Trinajstić information content (AvgIpc) is 3.04. The first-order valence-corrected chi connectivity index (χ1v) is 7.85. The van der Waals surface area contributed by atoms with E-state index in [2.05, 4.69) is 5.32 Å². The highest BCUT2D eigenvalue weighted by atomic mass is 16.5. The van der Waals surface area contributed by atoms with E-state index >= 15 is 0 Å². The minimum Gasteiger partial charge on any atom is -0.497 e. The van der Waals surface area contributed by atoms with Crippen molar-refractivity contribution in [2.45, 2.75) is 38.3 Å². The quantitative estimate of drug-likeness (QED) is 0.818. The monoisotopic (exact) mass is 334 g/mol. The van der Waals surface area contributed by atoms with E-state index in [1.807, 2.05) is 0 Å². The number of nitrogens with zero attached hydrogens (tertiary/aromatic N) is 1. The number of hydrogen-bond acceptors (Lipinski definition) is 4. The lowest BCUT2D eigenvalue weighted by molar-refractivity contribution is -0.148. The van der Waals surface area contributed by atoms with Gasteiger partial charge in [0.15, 0.2) is 0 Å². The number of amides is 2. The van der Waals surface area contributed by atoms with E-state index in [9.17, 15) is 19.5 Å². The van der Waals surface area contributed by atoms with Crippen molar-refractivity contribution in [2.24, 2.45) is 0 Å². The molecule has 2 unspecified atom stereocenters. The van der Waals surface area contributed by atoms with Crippen molar-refractivity contribution in [3.63, 3.8) is 0 Å². The molecule has 1 aliphatic heterocycles. The molecular weight excluding hydrogens is 312 g/mol. The molecule has 0 radical (unpaired) electrons. The van der Waals surface area contributed by atoms with Gasteiger partial charge in [-0.3, -0.25) is 9.59 Å². The normalized spacial score (nSPS) is 18.1. The van der Waals surface area contributed by atoms with E-state index in [-0.39, 0.29) is 18.2 Å². The van der Waals surface area contributed by atoms with E-state index in [1.165, 1.54) is 11.8 Å². The lowest BCUT2D eigenvalue weighted by Crippen LogP contribution is -2.42. The zero-order valence-corrected chi connectivity index (χ0v) is 13.8. The van der Waals surface area contributed by atoms with Crippen LogP contribution < -0.4 is 10.1 Å². The standard InChI is InChI=1S/C17H22N2O5/c1-11(20)18-14(12-5-7-13(24-2)8-6-12)10-16(21)19-9-3-4-15(19)17(22)23/h5-8,14-15H,3-4,9-10H2,1-2H3,(H,18,20)(H,22,23). The fourth-order valence-corrected chi connectivity index (χ4v) is 2.95. The van der Waals surface area contributed by atoms with E-state index in [0.29, 0.717) is 25.1 Å². The van der Waals surface area contributed by atoms with Crippen molar-refractivity contribution in [3.8, 4) is 5.75 Å². The van der Waals surface area contributed by atoms with Gasteiger partial charge in [0.1, 0.15) is 11.8 Å². The summed E-state index contributed by atoms with van der Waals surface area (Å²) in [5.74, 6) is -0.826. The molecule has 0 aromatic heterocycles. The molecule has 130 valence electrons. The van der Waals surface area contributed by atoms with Crippen LogP contribution in [0, 0.1) is 0 Å². The van der Waals surface area contributed by atoms with Gasteiger partial charge in [-0.25, -0.2) is 4.79 Å². The molecule has 1 aliphatic rings. The number of carbonyl (C=O) groups excluding carboxylic acids is 2. The molecule has 1 heterocycles. The van der Waals surface area contributed by atoms with Gasteiger partial charge in [-0.15, -0.1) is 0 Å². The minimum atomic E-state index is -0.985. The maximum atomic E-state index is 12.5. The lowest BCUT2D eigenvalue weighted by atomic mass is 10.0. The van der Waals surface area contributed by atoms with E-state index in [1.54, 1.807) is 31.4 Å². The van der Waals surface area contributed by atoms with E-state index in [4.69, 9.17) is 4.74 Å². The Morgan fingerprint density at radius 3 is 2.54 bits per heavy atom. The van der Waals surface area contributed by atoms with Crippen LogP contribution in [0.1, 0.15) is 37.8 Å². The summed E-state index contributed by atoms with van der Waals surface area (Å²) in [7, 11) is 1.56. The molecule has 1 aromatic carbocycles. The van der Waals surface area contributed by atoms with Gasteiger partial charge in [0.25, 0.3) is 0 Å². The van der Waals surface area contributed by atoms with Gasteiger partial charge in [0, 0.05) is 13.5 Å². The topological polar surface area (TPSA) is 95.9 Å². The second-order valence-electron chi connectivity index (χ2n) is 5.81. The zero-order chi connectivity index (χ0) is 17.7. The van der Waals surface area contributed by atoms with Gasteiger partial charge in [0.05, 0.1) is 19.6 Å². The Bertz CT molecular complexity index is 614. The smallest absolute Gasteiger partial charge is 0.326 e. The molecule has 7 heteroatoms. The Morgan fingerprint density at radius 1 is 1.33 bits per heavy atom. The Hall–Kier alpha value is -2.57. The van der Waals surface area contributed by atoms with Crippen LogP contribution in [0.2, 0.25) is 0 Å². The fourth-order valence-electron chi connectivity index (χ4n) is 2.95. The van der Waals surface area contributed by atoms with Crippen LogP contribution in [-0.4, -0.2) is 47.5 Å². The summed E-state index contributed by atoms with van der Waals surface area (Å²) in [5.41, 5.74) is 0.769. The molecule has 0 bridgehead atoms. The van der Waals surface area contributed by atoms with E-state index < -0.39 is 18.1 Å². The Balaban J connectivity index is 2.14. The van der Waals surface area contributed by atoms with Crippen molar-refractivity contribution in [1.82, 2.24) is 10.2 Å². The van der Waals surface area contributed by atoms with Crippen molar-refractivity contribution in [3.05, 3.63) is 29.8 Å². The first-order chi connectivity index (χ1) is 11.4. The average molecular weight is 334 g/mol. The number of hydrogen-bond donors (Lipinski definition) is 2. The highest BCUT2D eigenvalue weighted by Crippen LogP contribution is 2.24. The van der Waals surface area contributed by atoms with Crippen molar-refractivity contribution in [2.75, 3.05) is 13.7 Å². The third kappa shape index (κ3) is 4.24. The number of benzene rings is 1. The van der Waals surface area contributed by atoms with Gasteiger partial charge in [-0.1, -0.05) is 12.1 Å². The number of likely N-dealkylation sites (tertiary alicyclic amines) is 1. The van der Waals surface area contributed by atoms with Crippen LogP contribution in [0.3, 0.4) is 0 Å². The molecule has 2 amide bonds. The summed E-state index contributed by atoms with van der Waals surface area (Å²) in [4.78, 5) is 36.6. The first-order valence-electron chi connectivity index (χ1n) is 7.85. The minimum absolute atomic E-state index is 0.0235. The number of carboxylic acids is 1. The summed E-state index contributed by atoms with van der Waals surface area (Å²) < 4.78 is 5.11. The molecule has 2 atom stereocenters. The third-order valence-electron chi connectivity index (χ3n) is 4.13. The van der Waals surface area contributed by atoms with Crippen LogP contribution in [0.5, 0.6) is 5.75 Å². The Labute approximate surface area is 140 Å². The number of methoxy groups -OCH3 is 1. The predicted molar refractivity (Wildman–Crippen MR) is 86.5 cm³/mol. The molecule has 1 aromatic rings. The van der Waals surface area contributed by atoms with Crippen molar-refractivity contribution in [1.29, 1.82) is 0 Å². The summed E-state index contributed by atoms with van der Waals surface area (Å²) >= 11 is 0. The van der Waals surface area contributed by atoms with Gasteiger partial charge in [-0.2, -0.15) is 0 Å². The molecule has 2 rings (SSSR count). The van der Waals surface area contributed by atoms with Gasteiger partial charge in [-0.05, 0) is 30.5 Å². The third-order valence-corrected chi connectivity index (χ3v) is 4.13. The number of rotatable bonds is 6. The largest absolute Gasteiger partial charge is 0.497 e. The number of aliphatic carboxylic acids is 1. The lowest BCUT2D eigenvalue weighted by Gasteiger charge is -2.25. The van der Waals surface area contributed by atoms with Crippen LogP contribution in [0.4, 0.5) is 0 Å². The van der Waals surface area contributed by atoms with Crippen molar-refractivity contribution < 1.29 is 24.2 Å². The molecule has 24 heavy (non-hydrogen) atoms. The molecule has 1 saturated heterocycles. The SMILES string of the molecule is COc1ccc(C(CC(=O)N2CCCC2C(=O)O)NC(C)=O)cc1.